The monoisotopic (exact) mass is 406 g/mol. The first kappa shape index (κ1) is 19.0. The normalized spacial score (nSPS) is 15.5. The van der Waals surface area contributed by atoms with Crippen molar-refractivity contribution in [1.29, 1.82) is 0 Å². The number of carbonyl (C=O) groups is 2. The van der Waals surface area contributed by atoms with Crippen LogP contribution < -0.4 is 5.32 Å². The lowest BCUT2D eigenvalue weighted by molar-refractivity contribution is -0.121. The summed E-state index contributed by atoms with van der Waals surface area (Å²) in [6.45, 7) is 0.427. The standard InChI is InChI=1S/C23H19ClN2O3/c24-17-10-8-16(9-11-17)23(29)26-13-12-15-4-1-2-7-20(15)21(26)22(28)25-18-5-3-6-19(27)14-18/h1-11,14,21,27H,12-13H2,(H,25,28). The Morgan fingerprint density at radius 2 is 1.76 bits per heavy atom. The van der Waals surface area contributed by atoms with Crippen LogP contribution >= 0.6 is 11.6 Å². The predicted molar refractivity (Wildman–Crippen MR) is 112 cm³/mol. The van der Waals surface area contributed by atoms with Gasteiger partial charge in [0.15, 0.2) is 0 Å². The summed E-state index contributed by atoms with van der Waals surface area (Å²) in [5, 5.41) is 13.0. The number of benzene rings is 3. The maximum atomic E-state index is 13.2. The van der Waals surface area contributed by atoms with Crippen molar-refractivity contribution in [2.75, 3.05) is 11.9 Å². The first-order valence-electron chi connectivity index (χ1n) is 9.27. The molecule has 1 unspecified atom stereocenters. The van der Waals surface area contributed by atoms with Crippen molar-refractivity contribution >= 4 is 29.1 Å². The number of aromatic hydroxyl groups is 1. The van der Waals surface area contributed by atoms with Crippen LogP contribution in [0.4, 0.5) is 5.69 Å². The zero-order chi connectivity index (χ0) is 20.4. The van der Waals surface area contributed by atoms with E-state index in [9.17, 15) is 14.7 Å². The molecule has 2 N–H and O–H groups in total. The molecule has 4 rings (SSSR count). The van der Waals surface area contributed by atoms with E-state index < -0.39 is 6.04 Å². The molecule has 6 heteroatoms. The Kier molecular flexibility index (Phi) is 5.23. The van der Waals surface area contributed by atoms with Gasteiger partial charge in [0.1, 0.15) is 11.8 Å². The summed E-state index contributed by atoms with van der Waals surface area (Å²) in [7, 11) is 0. The lowest BCUT2D eigenvalue weighted by Crippen LogP contribution is -2.45. The van der Waals surface area contributed by atoms with Crippen LogP contribution in [0.15, 0.2) is 72.8 Å². The van der Waals surface area contributed by atoms with Crippen molar-refractivity contribution < 1.29 is 14.7 Å². The van der Waals surface area contributed by atoms with Crippen LogP contribution in [0.3, 0.4) is 0 Å². The van der Waals surface area contributed by atoms with Crippen molar-refractivity contribution in [1.82, 2.24) is 4.90 Å². The van der Waals surface area contributed by atoms with E-state index in [2.05, 4.69) is 5.32 Å². The van der Waals surface area contributed by atoms with E-state index in [0.717, 1.165) is 11.1 Å². The minimum atomic E-state index is -0.773. The highest BCUT2D eigenvalue weighted by Crippen LogP contribution is 2.32. The molecule has 29 heavy (non-hydrogen) atoms. The van der Waals surface area contributed by atoms with E-state index in [4.69, 9.17) is 11.6 Å². The molecule has 1 aliphatic heterocycles. The fraction of sp³-hybridized carbons (Fsp3) is 0.130. The summed E-state index contributed by atoms with van der Waals surface area (Å²) in [4.78, 5) is 28.0. The Hall–Kier alpha value is -3.31. The SMILES string of the molecule is O=C(Nc1cccc(O)c1)C1c2ccccc2CCN1C(=O)c1ccc(Cl)cc1. The van der Waals surface area contributed by atoms with Gasteiger partial charge < -0.3 is 15.3 Å². The molecular weight excluding hydrogens is 388 g/mol. The predicted octanol–water partition coefficient (Wildman–Crippen LogP) is 4.42. The number of hydrogen-bond acceptors (Lipinski definition) is 3. The van der Waals surface area contributed by atoms with Crippen molar-refractivity contribution in [2.45, 2.75) is 12.5 Å². The molecule has 3 aromatic carbocycles. The molecule has 0 aliphatic carbocycles. The zero-order valence-electron chi connectivity index (χ0n) is 15.5. The fourth-order valence-electron chi connectivity index (χ4n) is 3.62. The topological polar surface area (TPSA) is 69.6 Å². The van der Waals surface area contributed by atoms with Gasteiger partial charge in [-0.15, -0.1) is 0 Å². The number of fused-ring (bicyclic) bond motifs is 1. The number of phenolic OH excluding ortho intramolecular Hbond substituents is 1. The van der Waals surface area contributed by atoms with Crippen molar-refractivity contribution in [3.63, 3.8) is 0 Å². The quantitative estimate of drug-likeness (QED) is 0.676. The maximum Gasteiger partial charge on any atom is 0.254 e. The Morgan fingerprint density at radius 3 is 2.52 bits per heavy atom. The third-order valence-electron chi connectivity index (χ3n) is 5.00. The Labute approximate surface area is 173 Å². The van der Waals surface area contributed by atoms with Gasteiger partial charge in [0.05, 0.1) is 0 Å². The van der Waals surface area contributed by atoms with Crippen LogP contribution in [0, 0.1) is 0 Å². The van der Waals surface area contributed by atoms with E-state index >= 15 is 0 Å². The van der Waals surface area contributed by atoms with Gasteiger partial charge in [0.25, 0.3) is 11.8 Å². The van der Waals surface area contributed by atoms with Crippen molar-refractivity contribution in [3.05, 3.63) is 94.5 Å². The first-order valence-corrected chi connectivity index (χ1v) is 9.65. The molecule has 3 aromatic rings. The molecule has 0 fully saturated rings. The minimum Gasteiger partial charge on any atom is -0.508 e. The number of rotatable bonds is 3. The first-order chi connectivity index (χ1) is 14.0. The lowest BCUT2D eigenvalue weighted by Gasteiger charge is -2.36. The van der Waals surface area contributed by atoms with Crippen molar-refractivity contribution in [3.8, 4) is 5.75 Å². The molecule has 146 valence electrons. The minimum absolute atomic E-state index is 0.0564. The van der Waals surface area contributed by atoms with E-state index in [0.29, 0.717) is 29.2 Å². The molecule has 0 saturated carbocycles. The molecule has 1 atom stereocenters. The Balaban J connectivity index is 1.69. The van der Waals surface area contributed by atoms with Crippen LogP contribution in [0.25, 0.3) is 0 Å². The van der Waals surface area contributed by atoms with Gasteiger partial charge >= 0.3 is 0 Å². The van der Waals surface area contributed by atoms with Crippen LogP contribution in [0.1, 0.15) is 27.5 Å². The highest BCUT2D eigenvalue weighted by atomic mass is 35.5. The average molecular weight is 407 g/mol. The third-order valence-corrected chi connectivity index (χ3v) is 5.25. The van der Waals surface area contributed by atoms with Crippen LogP contribution in [0.2, 0.25) is 5.02 Å². The van der Waals surface area contributed by atoms with E-state index in [1.165, 1.54) is 12.1 Å². The second-order valence-corrected chi connectivity index (χ2v) is 7.33. The zero-order valence-corrected chi connectivity index (χ0v) is 16.3. The summed E-state index contributed by atoms with van der Waals surface area (Å²) in [5.74, 6) is -0.502. The van der Waals surface area contributed by atoms with Crippen molar-refractivity contribution in [2.24, 2.45) is 0 Å². The Morgan fingerprint density at radius 1 is 1.00 bits per heavy atom. The number of nitrogens with one attached hydrogen (secondary N) is 1. The van der Waals surface area contributed by atoms with E-state index in [-0.39, 0.29) is 17.6 Å². The van der Waals surface area contributed by atoms with Gasteiger partial charge in [-0.1, -0.05) is 41.9 Å². The van der Waals surface area contributed by atoms with Gasteiger partial charge in [0, 0.05) is 28.9 Å². The summed E-state index contributed by atoms with van der Waals surface area (Å²) in [5.41, 5.74) is 2.79. The van der Waals surface area contributed by atoms with Gasteiger partial charge in [-0.2, -0.15) is 0 Å². The van der Waals surface area contributed by atoms with Crippen LogP contribution in [-0.2, 0) is 11.2 Å². The number of anilines is 1. The average Bonchev–Trinajstić information content (AvgIpc) is 2.73. The molecule has 0 radical (unpaired) electrons. The molecule has 5 nitrogen and oxygen atoms in total. The number of phenols is 1. The van der Waals surface area contributed by atoms with E-state index in [1.54, 1.807) is 41.3 Å². The highest BCUT2D eigenvalue weighted by Gasteiger charge is 2.36. The number of nitrogens with zero attached hydrogens (tertiary/aromatic N) is 1. The number of carbonyl (C=O) groups excluding carboxylic acids is 2. The number of amides is 2. The van der Waals surface area contributed by atoms with Gasteiger partial charge in [-0.3, -0.25) is 9.59 Å². The molecule has 0 aromatic heterocycles. The largest absolute Gasteiger partial charge is 0.508 e. The summed E-state index contributed by atoms with van der Waals surface area (Å²) >= 11 is 5.94. The summed E-state index contributed by atoms with van der Waals surface area (Å²) < 4.78 is 0. The van der Waals surface area contributed by atoms with Gasteiger partial charge in [-0.25, -0.2) is 0 Å². The molecule has 0 spiro atoms. The number of hydrogen-bond donors (Lipinski definition) is 2. The Bertz CT molecular complexity index is 1070. The summed E-state index contributed by atoms with van der Waals surface area (Å²) in [6, 6.07) is 19.9. The molecule has 0 bridgehead atoms. The van der Waals surface area contributed by atoms with E-state index in [1.807, 2.05) is 24.3 Å². The molecule has 0 saturated heterocycles. The lowest BCUT2D eigenvalue weighted by atomic mass is 9.91. The second kappa shape index (κ2) is 7.97. The number of halogens is 1. The highest BCUT2D eigenvalue weighted by molar-refractivity contribution is 6.30. The van der Waals surface area contributed by atoms with Gasteiger partial charge in [-0.05, 0) is 53.9 Å². The molecule has 1 aliphatic rings. The van der Waals surface area contributed by atoms with Gasteiger partial charge in [0.2, 0.25) is 0 Å². The molecule has 1 heterocycles. The fourth-order valence-corrected chi connectivity index (χ4v) is 3.75. The smallest absolute Gasteiger partial charge is 0.254 e. The van der Waals surface area contributed by atoms with Crippen LogP contribution in [-0.4, -0.2) is 28.4 Å². The molecule has 2 amide bonds. The third kappa shape index (κ3) is 3.96. The second-order valence-electron chi connectivity index (χ2n) is 6.90. The maximum absolute atomic E-state index is 13.2. The van der Waals surface area contributed by atoms with Crippen LogP contribution in [0.5, 0.6) is 5.75 Å². The molecular formula is C23H19ClN2O3. The summed E-state index contributed by atoms with van der Waals surface area (Å²) in [6.07, 6.45) is 0.672.